The highest BCUT2D eigenvalue weighted by atomic mass is 19.4. The SMILES string of the molecule is O=C(Nc1ccc(OC(F)(F)F)cc1)c1cccc(B(O)O)c1. The number of hydrogen-bond acceptors (Lipinski definition) is 4. The summed E-state index contributed by atoms with van der Waals surface area (Å²) in [6.07, 6.45) is -4.78. The van der Waals surface area contributed by atoms with Crippen molar-refractivity contribution in [1.29, 1.82) is 0 Å². The first-order valence-corrected chi connectivity index (χ1v) is 6.38. The number of rotatable bonds is 4. The molecule has 5 nitrogen and oxygen atoms in total. The summed E-state index contributed by atoms with van der Waals surface area (Å²) in [7, 11) is -1.71. The fourth-order valence-corrected chi connectivity index (χ4v) is 1.78. The molecule has 0 aliphatic rings. The number of carbonyl (C=O) groups excluding carboxylic acids is 1. The van der Waals surface area contributed by atoms with Crippen molar-refractivity contribution in [3.8, 4) is 5.75 Å². The van der Waals surface area contributed by atoms with E-state index in [1.165, 1.54) is 36.4 Å². The number of alkyl halides is 3. The standard InChI is InChI=1S/C14H11BF3NO4/c16-14(17,18)23-12-6-4-11(5-7-12)19-13(20)9-2-1-3-10(8-9)15(21)22/h1-8,21-22H,(H,19,20). The predicted molar refractivity (Wildman–Crippen MR) is 77.3 cm³/mol. The van der Waals surface area contributed by atoms with Crippen LogP contribution in [0.25, 0.3) is 0 Å². The normalized spacial score (nSPS) is 11.0. The smallest absolute Gasteiger partial charge is 0.423 e. The van der Waals surface area contributed by atoms with Gasteiger partial charge in [-0.25, -0.2) is 0 Å². The quantitative estimate of drug-likeness (QED) is 0.745. The van der Waals surface area contributed by atoms with E-state index >= 15 is 0 Å². The molecule has 0 spiro atoms. The largest absolute Gasteiger partial charge is 0.573 e. The highest BCUT2D eigenvalue weighted by molar-refractivity contribution is 6.58. The van der Waals surface area contributed by atoms with Crippen LogP contribution >= 0.6 is 0 Å². The van der Waals surface area contributed by atoms with Gasteiger partial charge in [-0.3, -0.25) is 4.79 Å². The van der Waals surface area contributed by atoms with E-state index in [0.717, 1.165) is 12.1 Å². The van der Waals surface area contributed by atoms with Gasteiger partial charge in [0.1, 0.15) is 5.75 Å². The zero-order chi connectivity index (χ0) is 17.0. The fourth-order valence-electron chi connectivity index (χ4n) is 1.78. The van der Waals surface area contributed by atoms with Crippen molar-refractivity contribution in [3.63, 3.8) is 0 Å². The van der Waals surface area contributed by atoms with Crippen LogP contribution in [-0.2, 0) is 0 Å². The van der Waals surface area contributed by atoms with E-state index in [4.69, 9.17) is 10.0 Å². The third-order valence-corrected chi connectivity index (χ3v) is 2.79. The minimum atomic E-state index is -4.78. The summed E-state index contributed by atoms with van der Waals surface area (Å²) in [5, 5.41) is 20.6. The van der Waals surface area contributed by atoms with Crippen LogP contribution in [0.5, 0.6) is 5.75 Å². The zero-order valence-electron chi connectivity index (χ0n) is 11.5. The molecule has 0 atom stereocenters. The second-order valence-corrected chi connectivity index (χ2v) is 4.53. The molecule has 0 unspecified atom stereocenters. The maximum Gasteiger partial charge on any atom is 0.573 e. The van der Waals surface area contributed by atoms with Gasteiger partial charge in [0.05, 0.1) is 0 Å². The van der Waals surface area contributed by atoms with Crippen LogP contribution in [0, 0.1) is 0 Å². The lowest BCUT2D eigenvalue weighted by Crippen LogP contribution is -2.30. The third kappa shape index (κ3) is 5.01. The average molecular weight is 325 g/mol. The molecule has 0 aromatic heterocycles. The molecule has 2 aromatic rings. The highest BCUT2D eigenvalue weighted by Gasteiger charge is 2.30. The molecule has 9 heteroatoms. The first-order chi connectivity index (χ1) is 10.7. The Labute approximate surface area is 129 Å². The second-order valence-electron chi connectivity index (χ2n) is 4.53. The topological polar surface area (TPSA) is 78.8 Å². The molecule has 0 saturated heterocycles. The van der Waals surface area contributed by atoms with Gasteiger partial charge in [0, 0.05) is 11.3 Å². The Morgan fingerprint density at radius 1 is 1.09 bits per heavy atom. The van der Waals surface area contributed by atoms with Gasteiger partial charge in [-0.15, -0.1) is 13.2 Å². The summed E-state index contributed by atoms with van der Waals surface area (Å²) in [6, 6.07) is 10.3. The number of amides is 1. The summed E-state index contributed by atoms with van der Waals surface area (Å²) >= 11 is 0. The predicted octanol–water partition coefficient (Wildman–Crippen LogP) is 1.52. The lowest BCUT2D eigenvalue weighted by atomic mass is 9.79. The van der Waals surface area contributed by atoms with Crippen LogP contribution in [0.2, 0.25) is 0 Å². The van der Waals surface area contributed by atoms with Crippen molar-refractivity contribution in [2.24, 2.45) is 0 Å². The molecule has 0 fully saturated rings. The maximum atomic E-state index is 12.0. The number of nitrogens with one attached hydrogen (secondary N) is 1. The summed E-state index contributed by atoms with van der Waals surface area (Å²) in [5.41, 5.74) is 0.581. The molecule has 0 heterocycles. The van der Waals surface area contributed by atoms with E-state index in [1.54, 1.807) is 0 Å². The fraction of sp³-hybridized carbons (Fsp3) is 0.0714. The van der Waals surface area contributed by atoms with Gasteiger partial charge in [-0.1, -0.05) is 12.1 Å². The van der Waals surface area contributed by atoms with Gasteiger partial charge < -0.3 is 20.1 Å². The molecule has 120 valence electrons. The number of carbonyl (C=O) groups is 1. The molecule has 3 N–H and O–H groups in total. The number of halogens is 3. The minimum absolute atomic E-state index is 0.145. The van der Waals surface area contributed by atoms with Gasteiger partial charge in [-0.05, 0) is 41.9 Å². The Morgan fingerprint density at radius 2 is 1.74 bits per heavy atom. The van der Waals surface area contributed by atoms with E-state index in [2.05, 4.69) is 10.1 Å². The first kappa shape index (κ1) is 16.8. The van der Waals surface area contributed by atoms with Crippen LogP contribution in [0.3, 0.4) is 0 Å². The van der Waals surface area contributed by atoms with E-state index in [9.17, 15) is 18.0 Å². The molecular weight excluding hydrogens is 314 g/mol. The van der Waals surface area contributed by atoms with Crippen LogP contribution < -0.4 is 15.5 Å². The van der Waals surface area contributed by atoms with E-state index in [-0.39, 0.29) is 16.7 Å². The van der Waals surface area contributed by atoms with Crippen molar-refractivity contribution in [2.75, 3.05) is 5.32 Å². The average Bonchev–Trinajstić information content (AvgIpc) is 2.48. The monoisotopic (exact) mass is 325 g/mol. The summed E-state index contributed by atoms with van der Waals surface area (Å²) < 4.78 is 39.9. The molecule has 1 amide bonds. The zero-order valence-corrected chi connectivity index (χ0v) is 11.5. The lowest BCUT2D eigenvalue weighted by Gasteiger charge is -2.10. The molecule has 2 aromatic carbocycles. The number of hydrogen-bond donors (Lipinski definition) is 3. The Morgan fingerprint density at radius 3 is 2.30 bits per heavy atom. The van der Waals surface area contributed by atoms with Crippen LogP contribution in [0.15, 0.2) is 48.5 Å². The van der Waals surface area contributed by atoms with Crippen molar-refractivity contribution < 1.29 is 32.8 Å². The van der Waals surface area contributed by atoms with Gasteiger partial charge in [0.25, 0.3) is 5.91 Å². The minimum Gasteiger partial charge on any atom is -0.423 e. The molecule has 0 aliphatic heterocycles. The molecule has 0 saturated carbocycles. The van der Waals surface area contributed by atoms with Crippen LogP contribution in [-0.4, -0.2) is 29.4 Å². The van der Waals surface area contributed by atoms with Crippen LogP contribution in [0.4, 0.5) is 18.9 Å². The van der Waals surface area contributed by atoms with Crippen molar-refractivity contribution >= 4 is 24.2 Å². The molecule has 2 rings (SSSR count). The molecule has 23 heavy (non-hydrogen) atoms. The third-order valence-electron chi connectivity index (χ3n) is 2.79. The van der Waals surface area contributed by atoms with Crippen molar-refractivity contribution in [2.45, 2.75) is 6.36 Å². The Hall–Kier alpha value is -2.52. The first-order valence-electron chi connectivity index (χ1n) is 6.38. The van der Waals surface area contributed by atoms with Crippen LogP contribution in [0.1, 0.15) is 10.4 Å². The Kier molecular flexibility index (Phi) is 4.92. The molecule has 0 bridgehead atoms. The number of ether oxygens (including phenoxy) is 1. The molecular formula is C14H11BF3NO4. The van der Waals surface area contributed by atoms with Gasteiger partial charge in [0.2, 0.25) is 0 Å². The van der Waals surface area contributed by atoms with Crippen molar-refractivity contribution in [3.05, 3.63) is 54.1 Å². The maximum absolute atomic E-state index is 12.0. The lowest BCUT2D eigenvalue weighted by molar-refractivity contribution is -0.274. The Bertz CT molecular complexity index is 689. The number of anilines is 1. The summed E-state index contributed by atoms with van der Waals surface area (Å²) in [4.78, 5) is 12.0. The van der Waals surface area contributed by atoms with Gasteiger partial charge in [0.15, 0.2) is 0 Å². The molecule has 0 radical (unpaired) electrons. The molecule has 0 aliphatic carbocycles. The highest BCUT2D eigenvalue weighted by Crippen LogP contribution is 2.24. The summed E-state index contributed by atoms with van der Waals surface area (Å²) in [5.74, 6) is -0.946. The van der Waals surface area contributed by atoms with E-state index in [1.807, 2.05) is 0 Å². The Balaban J connectivity index is 2.07. The van der Waals surface area contributed by atoms with Gasteiger partial charge in [-0.2, -0.15) is 0 Å². The van der Waals surface area contributed by atoms with E-state index < -0.39 is 25.1 Å². The summed E-state index contributed by atoms with van der Waals surface area (Å²) in [6.45, 7) is 0. The van der Waals surface area contributed by atoms with E-state index in [0.29, 0.717) is 0 Å². The van der Waals surface area contributed by atoms with Crippen molar-refractivity contribution in [1.82, 2.24) is 0 Å². The number of benzene rings is 2. The van der Waals surface area contributed by atoms with Gasteiger partial charge >= 0.3 is 13.5 Å². The second kappa shape index (κ2) is 6.72.